The number of nitrogens with two attached hydrogens (primary N) is 2. The summed E-state index contributed by atoms with van der Waals surface area (Å²) in [5.74, 6) is -0.176. The van der Waals surface area contributed by atoms with Crippen LogP contribution < -0.4 is 26.8 Å². The highest BCUT2D eigenvalue weighted by Crippen LogP contribution is 2.27. The number of nitriles is 1. The fourth-order valence-electron chi connectivity index (χ4n) is 4.05. The lowest BCUT2D eigenvalue weighted by atomic mass is 9.87. The molecule has 1 aliphatic carbocycles. The fourth-order valence-corrected chi connectivity index (χ4v) is 4.05. The highest BCUT2D eigenvalue weighted by Gasteiger charge is 2.25. The minimum Gasteiger partial charge on any atom is -0.382 e. The summed E-state index contributed by atoms with van der Waals surface area (Å²) < 4.78 is 0. The number of rotatable bonds is 6. The summed E-state index contributed by atoms with van der Waals surface area (Å²) >= 11 is 1.25. The summed E-state index contributed by atoms with van der Waals surface area (Å²) in [4.78, 5) is 17.0. The molecule has 1 aliphatic rings. The van der Waals surface area contributed by atoms with Crippen LogP contribution in [0.3, 0.4) is 0 Å². The molecule has 1 aromatic heterocycles. The smallest absolute Gasteiger partial charge is 0.255 e. The molecule has 3 aromatic carbocycles. The normalized spacial score (nSPS) is 15.3. The highest BCUT2D eigenvalue weighted by atomic mass is 32.2. The Morgan fingerprint density at radius 1 is 0.974 bits per heavy atom. The lowest BCUT2D eigenvalue weighted by molar-refractivity contribution is 0.102. The molecule has 1 saturated carbocycles. The number of pyridine rings is 1. The average molecular weight is 542 g/mol. The van der Waals surface area contributed by atoms with Gasteiger partial charge in [0.2, 0.25) is 0 Å². The molecule has 0 unspecified atom stereocenters. The Bertz CT molecular complexity index is 1400. The second-order valence-corrected chi connectivity index (χ2v) is 9.22. The van der Waals surface area contributed by atoms with E-state index < -0.39 is 0 Å². The van der Waals surface area contributed by atoms with Gasteiger partial charge in [-0.2, -0.15) is 5.26 Å². The first-order valence-electron chi connectivity index (χ1n) is 12.8. The van der Waals surface area contributed by atoms with Crippen LogP contribution in [0.15, 0.2) is 79.0 Å². The van der Waals surface area contributed by atoms with Gasteiger partial charge in [0.25, 0.3) is 5.91 Å². The van der Waals surface area contributed by atoms with E-state index in [0.29, 0.717) is 23.2 Å². The Balaban J connectivity index is 0.000000787. The summed E-state index contributed by atoms with van der Waals surface area (Å²) in [6.45, 7) is 4.00. The van der Waals surface area contributed by atoms with E-state index >= 15 is 0 Å². The van der Waals surface area contributed by atoms with Crippen molar-refractivity contribution in [2.45, 2.75) is 38.8 Å². The second-order valence-electron chi connectivity index (χ2n) is 8.74. The van der Waals surface area contributed by atoms with Gasteiger partial charge in [-0.05, 0) is 91.9 Å². The van der Waals surface area contributed by atoms with Gasteiger partial charge in [-0.1, -0.05) is 25.8 Å². The third kappa shape index (κ3) is 8.19. The van der Waals surface area contributed by atoms with Crippen molar-refractivity contribution >= 4 is 51.5 Å². The van der Waals surface area contributed by atoms with Crippen molar-refractivity contribution in [1.29, 1.82) is 5.26 Å². The highest BCUT2D eigenvalue weighted by molar-refractivity contribution is 7.96. The van der Waals surface area contributed by atoms with Crippen molar-refractivity contribution in [3.05, 3.63) is 90.1 Å². The lowest BCUT2D eigenvalue weighted by Crippen LogP contribution is -2.44. The van der Waals surface area contributed by atoms with Crippen LogP contribution in [0.5, 0.6) is 0 Å². The van der Waals surface area contributed by atoms with Gasteiger partial charge in [-0.3, -0.25) is 14.9 Å². The zero-order valence-corrected chi connectivity index (χ0v) is 23.3. The van der Waals surface area contributed by atoms with E-state index in [1.54, 1.807) is 24.4 Å². The Morgan fingerprint density at radius 2 is 1.59 bits per heavy atom. The third-order valence-corrected chi connectivity index (χ3v) is 5.98. The Kier molecular flexibility index (Phi) is 11.1. The van der Waals surface area contributed by atoms with Crippen LogP contribution in [0.25, 0.3) is 10.9 Å². The molecule has 0 aliphatic heterocycles. The van der Waals surface area contributed by atoms with E-state index in [1.807, 2.05) is 74.7 Å². The van der Waals surface area contributed by atoms with Crippen molar-refractivity contribution in [3.8, 4) is 6.07 Å². The summed E-state index contributed by atoms with van der Waals surface area (Å²) in [5, 5.41) is 24.6. The predicted octanol–water partition coefficient (Wildman–Crippen LogP) is 6.25. The second kappa shape index (κ2) is 14.7. The Labute approximate surface area is 234 Å². The van der Waals surface area contributed by atoms with Gasteiger partial charge in [0.15, 0.2) is 0 Å². The van der Waals surface area contributed by atoms with Gasteiger partial charge >= 0.3 is 0 Å². The molecule has 1 amide bonds. The zero-order valence-electron chi connectivity index (χ0n) is 22.4. The van der Waals surface area contributed by atoms with Gasteiger partial charge in [0.05, 0.1) is 17.1 Å². The monoisotopic (exact) mass is 541 g/mol. The SMILES string of the molecule is CC.CSN.N#Cc1ccc2nccc(Nc3ccc(C(=O)Nc4ccc(NC5CC(N)C5)cc4)cc3)c2c1. The molecule has 0 radical (unpaired) electrons. The van der Waals surface area contributed by atoms with Crippen molar-refractivity contribution < 1.29 is 4.79 Å². The number of carbonyl (C=O) groups is 1. The number of aromatic nitrogens is 1. The van der Waals surface area contributed by atoms with E-state index in [-0.39, 0.29) is 5.91 Å². The number of anilines is 4. The molecule has 1 fully saturated rings. The van der Waals surface area contributed by atoms with Gasteiger partial charge < -0.3 is 21.7 Å². The van der Waals surface area contributed by atoms with E-state index in [1.165, 1.54) is 11.9 Å². The lowest BCUT2D eigenvalue weighted by Gasteiger charge is -2.33. The largest absolute Gasteiger partial charge is 0.382 e. The molecule has 39 heavy (non-hydrogen) atoms. The molecular weight excluding hydrogens is 506 g/mol. The first-order chi connectivity index (χ1) is 19.0. The van der Waals surface area contributed by atoms with Crippen molar-refractivity contribution in [2.75, 3.05) is 22.2 Å². The first-order valence-corrected chi connectivity index (χ1v) is 14.1. The topological polar surface area (TPSA) is 142 Å². The van der Waals surface area contributed by atoms with E-state index in [9.17, 15) is 10.1 Å². The van der Waals surface area contributed by atoms with Gasteiger partial charge in [-0.15, -0.1) is 0 Å². The van der Waals surface area contributed by atoms with E-state index in [2.05, 4.69) is 27.0 Å². The molecule has 1 heterocycles. The number of benzene rings is 3. The number of carbonyl (C=O) groups excluding carboxylic acids is 1. The van der Waals surface area contributed by atoms with Crippen LogP contribution in [-0.2, 0) is 0 Å². The van der Waals surface area contributed by atoms with Crippen LogP contribution in [0.1, 0.15) is 42.6 Å². The van der Waals surface area contributed by atoms with Gasteiger partial charge in [-0.25, -0.2) is 0 Å². The summed E-state index contributed by atoms with van der Waals surface area (Å²) in [6.07, 6.45) is 5.52. The molecule has 9 heteroatoms. The molecule has 0 bridgehead atoms. The van der Waals surface area contributed by atoms with Crippen molar-refractivity contribution in [3.63, 3.8) is 0 Å². The summed E-state index contributed by atoms with van der Waals surface area (Å²) in [5.41, 5.74) is 11.2. The zero-order chi connectivity index (χ0) is 28.2. The molecule has 7 N–H and O–H groups in total. The summed E-state index contributed by atoms with van der Waals surface area (Å²) in [7, 11) is 0. The maximum Gasteiger partial charge on any atom is 0.255 e. The van der Waals surface area contributed by atoms with Crippen LogP contribution in [-0.4, -0.2) is 29.2 Å². The van der Waals surface area contributed by atoms with Gasteiger partial charge in [0.1, 0.15) is 0 Å². The molecule has 0 spiro atoms. The van der Waals surface area contributed by atoms with Crippen LogP contribution in [0.2, 0.25) is 0 Å². The quantitative estimate of drug-likeness (QED) is 0.180. The maximum absolute atomic E-state index is 12.7. The molecule has 0 atom stereocenters. The molecule has 4 aromatic rings. The number of hydrogen-bond acceptors (Lipinski definition) is 8. The maximum atomic E-state index is 12.7. The number of nitrogens with one attached hydrogen (secondary N) is 3. The molecule has 202 valence electrons. The predicted molar refractivity (Wildman–Crippen MR) is 164 cm³/mol. The van der Waals surface area contributed by atoms with Crippen LogP contribution in [0, 0.1) is 11.3 Å². The van der Waals surface area contributed by atoms with E-state index in [4.69, 9.17) is 10.9 Å². The Morgan fingerprint density at radius 3 is 2.21 bits per heavy atom. The van der Waals surface area contributed by atoms with Crippen LogP contribution in [0.4, 0.5) is 22.7 Å². The van der Waals surface area contributed by atoms with Gasteiger partial charge in [0, 0.05) is 52.0 Å². The minimum absolute atomic E-state index is 0.176. The summed E-state index contributed by atoms with van der Waals surface area (Å²) in [6, 6.07) is 25.1. The molecule has 8 nitrogen and oxygen atoms in total. The Hall–Kier alpha value is -4.10. The third-order valence-electron chi connectivity index (χ3n) is 5.98. The number of fused-ring (bicyclic) bond motifs is 1. The number of hydrogen-bond donors (Lipinski definition) is 5. The molecule has 5 rings (SSSR count). The van der Waals surface area contributed by atoms with Crippen molar-refractivity contribution in [2.24, 2.45) is 10.9 Å². The minimum atomic E-state index is -0.176. The first kappa shape index (κ1) is 29.5. The van der Waals surface area contributed by atoms with Crippen LogP contribution >= 0.6 is 11.9 Å². The van der Waals surface area contributed by atoms with Crippen molar-refractivity contribution in [1.82, 2.24) is 4.98 Å². The fraction of sp³-hybridized carbons (Fsp3) is 0.233. The standard InChI is InChI=1S/C27H24N6O.C2H6.CH5NS/c28-16-17-1-10-25-24(13-17)26(11-12-30-25)32-21-4-2-18(3-5-21)27(34)33-22-8-6-20(7-9-22)31-23-14-19(29)15-23;1-2;1-3-2/h1-13,19,23,31H,14-15,29H2,(H,30,32)(H,33,34);1-2H3;2H2,1H3. The molecule has 0 saturated heterocycles. The van der Waals surface area contributed by atoms with E-state index in [0.717, 1.165) is 46.5 Å². The molecular formula is C30H35N7OS. The average Bonchev–Trinajstić information content (AvgIpc) is 2.95. The number of nitrogens with zero attached hydrogens (tertiary/aromatic N) is 2. The number of amides is 1.